The largest absolute Gasteiger partial charge is 0.481 e. The molecular weight excluding hydrogens is 256 g/mol. The van der Waals surface area contributed by atoms with Gasteiger partial charge in [0.1, 0.15) is 0 Å². The minimum absolute atomic E-state index is 0.00127. The standard InChI is InChI=1S/C15H26N2O3/c1-11(12-8-16-9-12)13(18)17-10-15(14(19)20)6-4-2-3-5-7-15/h11-12,16H,2-10H2,1H3,(H,17,18)(H,19,20). The van der Waals surface area contributed by atoms with E-state index < -0.39 is 11.4 Å². The maximum Gasteiger partial charge on any atom is 0.311 e. The Balaban J connectivity index is 1.91. The number of carbonyl (C=O) groups is 2. The van der Waals surface area contributed by atoms with Crippen LogP contribution >= 0.6 is 0 Å². The third kappa shape index (κ3) is 3.32. The second-order valence-electron chi connectivity index (χ2n) is 6.42. The van der Waals surface area contributed by atoms with E-state index >= 15 is 0 Å². The predicted molar refractivity (Wildman–Crippen MR) is 76.3 cm³/mol. The van der Waals surface area contributed by atoms with Gasteiger partial charge in [0.15, 0.2) is 0 Å². The molecule has 1 aliphatic heterocycles. The van der Waals surface area contributed by atoms with Gasteiger partial charge in [-0.15, -0.1) is 0 Å². The zero-order chi connectivity index (χ0) is 14.6. The van der Waals surface area contributed by atoms with Crippen molar-refractivity contribution in [3.05, 3.63) is 0 Å². The first-order valence-corrected chi connectivity index (χ1v) is 7.77. The lowest BCUT2D eigenvalue weighted by Crippen LogP contribution is -2.51. The fraction of sp³-hybridized carbons (Fsp3) is 0.867. The van der Waals surface area contributed by atoms with Crippen molar-refractivity contribution < 1.29 is 14.7 Å². The Kier molecular flexibility index (Phi) is 5.02. The molecule has 5 nitrogen and oxygen atoms in total. The van der Waals surface area contributed by atoms with E-state index in [9.17, 15) is 14.7 Å². The van der Waals surface area contributed by atoms with E-state index in [1.165, 1.54) is 0 Å². The molecule has 5 heteroatoms. The monoisotopic (exact) mass is 282 g/mol. The van der Waals surface area contributed by atoms with Crippen LogP contribution in [0.1, 0.15) is 45.4 Å². The van der Waals surface area contributed by atoms with Gasteiger partial charge >= 0.3 is 5.97 Å². The molecule has 114 valence electrons. The third-order valence-corrected chi connectivity index (χ3v) is 5.05. The summed E-state index contributed by atoms with van der Waals surface area (Å²) in [6.45, 7) is 3.99. The second-order valence-corrected chi connectivity index (χ2v) is 6.42. The number of aliphatic carboxylic acids is 1. The smallest absolute Gasteiger partial charge is 0.311 e. The van der Waals surface area contributed by atoms with Gasteiger partial charge in [0.25, 0.3) is 0 Å². The van der Waals surface area contributed by atoms with E-state index in [4.69, 9.17) is 0 Å². The molecule has 0 bridgehead atoms. The van der Waals surface area contributed by atoms with Crippen LogP contribution in [-0.2, 0) is 9.59 Å². The molecule has 1 saturated carbocycles. The third-order valence-electron chi connectivity index (χ3n) is 5.05. The van der Waals surface area contributed by atoms with Crippen molar-refractivity contribution in [1.29, 1.82) is 0 Å². The highest BCUT2D eigenvalue weighted by Crippen LogP contribution is 2.35. The zero-order valence-corrected chi connectivity index (χ0v) is 12.3. The Morgan fingerprint density at radius 2 is 1.85 bits per heavy atom. The van der Waals surface area contributed by atoms with E-state index in [1.807, 2.05) is 6.92 Å². The van der Waals surface area contributed by atoms with Gasteiger partial charge in [-0.3, -0.25) is 9.59 Å². The molecule has 1 aliphatic carbocycles. The minimum atomic E-state index is -0.752. The Morgan fingerprint density at radius 3 is 2.30 bits per heavy atom. The van der Waals surface area contributed by atoms with Crippen LogP contribution in [0.3, 0.4) is 0 Å². The summed E-state index contributed by atoms with van der Waals surface area (Å²) in [6.07, 6.45) is 5.47. The molecule has 1 atom stereocenters. The summed E-state index contributed by atoms with van der Waals surface area (Å²) in [5.74, 6) is -0.392. The highest BCUT2D eigenvalue weighted by Gasteiger charge is 2.39. The summed E-state index contributed by atoms with van der Waals surface area (Å²) < 4.78 is 0. The number of carboxylic acid groups (broad SMARTS) is 1. The molecule has 3 N–H and O–H groups in total. The van der Waals surface area contributed by atoms with Crippen LogP contribution in [0, 0.1) is 17.3 Å². The average molecular weight is 282 g/mol. The van der Waals surface area contributed by atoms with E-state index in [0.717, 1.165) is 38.8 Å². The first-order chi connectivity index (χ1) is 9.55. The highest BCUT2D eigenvalue weighted by atomic mass is 16.4. The van der Waals surface area contributed by atoms with Crippen molar-refractivity contribution in [3.63, 3.8) is 0 Å². The number of hydrogen-bond acceptors (Lipinski definition) is 3. The molecule has 2 rings (SSSR count). The van der Waals surface area contributed by atoms with Crippen LogP contribution in [0.25, 0.3) is 0 Å². The molecular formula is C15H26N2O3. The average Bonchev–Trinajstić information content (AvgIpc) is 2.60. The fourth-order valence-corrected chi connectivity index (χ4v) is 3.17. The van der Waals surface area contributed by atoms with Gasteiger partial charge in [-0.1, -0.05) is 32.6 Å². The number of nitrogens with one attached hydrogen (secondary N) is 2. The zero-order valence-electron chi connectivity index (χ0n) is 12.3. The summed E-state index contributed by atoms with van der Waals surface area (Å²) >= 11 is 0. The molecule has 1 saturated heterocycles. The molecule has 0 spiro atoms. The summed E-state index contributed by atoms with van der Waals surface area (Å²) in [5.41, 5.74) is -0.746. The molecule has 0 aromatic carbocycles. The maximum atomic E-state index is 12.1. The van der Waals surface area contributed by atoms with Crippen LogP contribution in [0.4, 0.5) is 0 Å². The van der Waals surface area contributed by atoms with Gasteiger partial charge in [-0.25, -0.2) is 0 Å². The van der Waals surface area contributed by atoms with E-state index in [1.54, 1.807) is 0 Å². The Bertz CT molecular complexity index is 358. The van der Waals surface area contributed by atoms with E-state index in [2.05, 4.69) is 10.6 Å². The van der Waals surface area contributed by atoms with Crippen LogP contribution in [-0.4, -0.2) is 36.6 Å². The summed E-state index contributed by atoms with van der Waals surface area (Å²) in [6, 6.07) is 0. The van der Waals surface area contributed by atoms with Gasteiger partial charge in [0, 0.05) is 12.5 Å². The SMILES string of the molecule is CC(C(=O)NCC1(C(=O)O)CCCCCC1)C1CNC1. The van der Waals surface area contributed by atoms with Gasteiger partial charge in [0.2, 0.25) is 5.91 Å². The van der Waals surface area contributed by atoms with Gasteiger partial charge in [-0.05, 0) is 31.8 Å². The highest BCUT2D eigenvalue weighted by molar-refractivity contribution is 5.80. The van der Waals surface area contributed by atoms with Crippen LogP contribution in [0.2, 0.25) is 0 Å². The second kappa shape index (κ2) is 6.57. The molecule has 20 heavy (non-hydrogen) atoms. The molecule has 1 heterocycles. The lowest BCUT2D eigenvalue weighted by atomic mass is 9.80. The predicted octanol–water partition coefficient (Wildman–Crippen LogP) is 1.38. The van der Waals surface area contributed by atoms with Crippen molar-refractivity contribution in [1.82, 2.24) is 10.6 Å². The first kappa shape index (κ1) is 15.3. The van der Waals surface area contributed by atoms with Crippen molar-refractivity contribution in [3.8, 4) is 0 Å². The van der Waals surface area contributed by atoms with E-state index in [-0.39, 0.29) is 18.4 Å². The number of hydrogen-bond donors (Lipinski definition) is 3. The van der Waals surface area contributed by atoms with Crippen LogP contribution in [0.5, 0.6) is 0 Å². The van der Waals surface area contributed by atoms with E-state index in [0.29, 0.717) is 18.8 Å². The molecule has 0 aromatic heterocycles. The number of rotatable bonds is 5. The molecule has 0 aromatic rings. The van der Waals surface area contributed by atoms with Gasteiger partial charge in [-0.2, -0.15) is 0 Å². The summed E-state index contributed by atoms with van der Waals surface area (Å²) in [5, 5.41) is 15.6. The first-order valence-electron chi connectivity index (χ1n) is 7.77. The molecule has 1 unspecified atom stereocenters. The Labute approximate surface area is 120 Å². The van der Waals surface area contributed by atoms with Crippen molar-refractivity contribution in [2.24, 2.45) is 17.3 Å². The number of carboxylic acids is 1. The number of amides is 1. The van der Waals surface area contributed by atoms with Crippen molar-refractivity contribution in [2.75, 3.05) is 19.6 Å². The Morgan fingerprint density at radius 1 is 1.25 bits per heavy atom. The van der Waals surface area contributed by atoms with Crippen LogP contribution in [0.15, 0.2) is 0 Å². The van der Waals surface area contributed by atoms with Crippen molar-refractivity contribution in [2.45, 2.75) is 45.4 Å². The summed E-state index contributed by atoms with van der Waals surface area (Å²) in [4.78, 5) is 23.8. The van der Waals surface area contributed by atoms with Crippen molar-refractivity contribution >= 4 is 11.9 Å². The number of carbonyl (C=O) groups excluding carboxylic acids is 1. The summed E-state index contributed by atoms with van der Waals surface area (Å²) in [7, 11) is 0. The topological polar surface area (TPSA) is 78.4 Å². The lowest BCUT2D eigenvalue weighted by Gasteiger charge is -2.33. The van der Waals surface area contributed by atoms with Gasteiger partial charge in [0.05, 0.1) is 5.41 Å². The van der Waals surface area contributed by atoms with Crippen LogP contribution < -0.4 is 10.6 Å². The molecule has 0 radical (unpaired) electrons. The maximum absolute atomic E-state index is 12.1. The quantitative estimate of drug-likeness (QED) is 0.666. The minimum Gasteiger partial charge on any atom is -0.481 e. The Hall–Kier alpha value is -1.10. The molecule has 2 aliphatic rings. The van der Waals surface area contributed by atoms with Gasteiger partial charge < -0.3 is 15.7 Å². The molecule has 1 amide bonds. The lowest BCUT2D eigenvalue weighted by molar-refractivity contribution is -0.150. The fourth-order valence-electron chi connectivity index (χ4n) is 3.17. The normalized spacial score (nSPS) is 24.2. The molecule has 2 fully saturated rings.